The van der Waals surface area contributed by atoms with Crippen LogP contribution < -0.4 is 15.4 Å². The molecule has 2 amide bonds. The zero-order valence-electron chi connectivity index (χ0n) is 13.7. The van der Waals surface area contributed by atoms with Crippen LogP contribution in [0.5, 0.6) is 11.5 Å². The number of urea groups is 1. The summed E-state index contributed by atoms with van der Waals surface area (Å²) in [4.78, 5) is 11.8. The van der Waals surface area contributed by atoms with Crippen LogP contribution in [0.3, 0.4) is 0 Å². The second kappa shape index (κ2) is 6.93. The summed E-state index contributed by atoms with van der Waals surface area (Å²) in [7, 11) is 0. The average Bonchev–Trinajstić information content (AvgIpc) is 2.53. The minimum absolute atomic E-state index is 0.285. The van der Waals surface area contributed by atoms with E-state index in [0.29, 0.717) is 11.4 Å². The fourth-order valence-corrected chi connectivity index (χ4v) is 2.60. The van der Waals surface area contributed by atoms with Gasteiger partial charge in [0.2, 0.25) is 0 Å². The van der Waals surface area contributed by atoms with Gasteiger partial charge >= 0.3 is 6.03 Å². The highest BCUT2D eigenvalue weighted by atomic mass is 16.5. The Morgan fingerprint density at radius 3 is 2.54 bits per heavy atom. The topological polar surface area (TPSA) is 70.6 Å². The number of benzene rings is 2. The second-order valence-corrected chi connectivity index (χ2v) is 6.33. The lowest BCUT2D eigenvalue weighted by molar-refractivity contribution is -0.0287. The van der Waals surface area contributed by atoms with Gasteiger partial charge in [-0.05, 0) is 68.1 Å². The number of carbonyl (C=O) groups excluding carboxylic acids is 1. The van der Waals surface area contributed by atoms with E-state index in [9.17, 15) is 9.90 Å². The molecule has 2 aromatic rings. The zero-order valence-corrected chi connectivity index (χ0v) is 13.7. The van der Waals surface area contributed by atoms with Crippen LogP contribution in [-0.2, 0) is 0 Å². The molecule has 0 radical (unpaired) electrons. The number of rotatable bonds is 5. The lowest BCUT2D eigenvalue weighted by Gasteiger charge is -2.36. The summed E-state index contributed by atoms with van der Waals surface area (Å²) in [6.45, 7) is 2.30. The van der Waals surface area contributed by atoms with Gasteiger partial charge in [-0.15, -0.1) is 0 Å². The van der Waals surface area contributed by atoms with Crippen molar-refractivity contribution in [2.75, 3.05) is 11.9 Å². The highest BCUT2D eigenvalue weighted by Crippen LogP contribution is 2.30. The van der Waals surface area contributed by atoms with Crippen LogP contribution in [0.2, 0.25) is 0 Å². The third-order valence-electron chi connectivity index (χ3n) is 4.20. The van der Waals surface area contributed by atoms with Crippen LogP contribution in [0.1, 0.15) is 24.8 Å². The quantitative estimate of drug-likeness (QED) is 0.782. The molecule has 24 heavy (non-hydrogen) atoms. The van der Waals surface area contributed by atoms with E-state index in [2.05, 4.69) is 10.6 Å². The van der Waals surface area contributed by atoms with E-state index in [-0.39, 0.29) is 12.6 Å². The summed E-state index contributed by atoms with van der Waals surface area (Å²) in [5.74, 6) is 1.48. The largest absolute Gasteiger partial charge is 0.457 e. The van der Waals surface area contributed by atoms with Crippen molar-refractivity contribution in [2.24, 2.45) is 0 Å². The molecule has 5 nitrogen and oxygen atoms in total. The number of ether oxygens (including phenoxy) is 1. The summed E-state index contributed by atoms with van der Waals surface area (Å²) >= 11 is 0. The lowest BCUT2D eigenvalue weighted by Crippen LogP contribution is -2.48. The fraction of sp³-hybridized carbons (Fsp3) is 0.316. The molecule has 0 aromatic heterocycles. The van der Waals surface area contributed by atoms with Gasteiger partial charge in [-0.2, -0.15) is 0 Å². The minimum atomic E-state index is -0.719. The Balaban J connectivity index is 1.51. The van der Waals surface area contributed by atoms with Gasteiger partial charge in [0.1, 0.15) is 11.5 Å². The SMILES string of the molecule is Cc1cccc(Oc2ccc(NC(=O)NCC3(O)CCC3)cc2)c1. The number of anilines is 1. The smallest absolute Gasteiger partial charge is 0.319 e. The number of amides is 2. The molecule has 0 atom stereocenters. The lowest BCUT2D eigenvalue weighted by atomic mass is 9.80. The molecule has 0 bridgehead atoms. The van der Waals surface area contributed by atoms with Gasteiger partial charge in [-0.3, -0.25) is 0 Å². The number of aryl methyl sites for hydroxylation is 1. The molecule has 5 heteroatoms. The standard InChI is InChI=1S/C19H22N2O3/c1-14-4-2-5-17(12-14)24-16-8-6-15(7-9-16)21-18(22)20-13-19(23)10-3-11-19/h2,4-9,12,23H,3,10-11,13H2,1H3,(H2,20,21,22). The molecule has 0 unspecified atom stereocenters. The van der Waals surface area contributed by atoms with Crippen molar-refractivity contribution in [3.63, 3.8) is 0 Å². The summed E-state index contributed by atoms with van der Waals surface area (Å²) in [5, 5.41) is 15.4. The molecule has 0 saturated heterocycles. The summed E-state index contributed by atoms with van der Waals surface area (Å²) in [5.41, 5.74) is 1.09. The molecule has 2 aromatic carbocycles. The van der Waals surface area contributed by atoms with Gasteiger partial charge in [-0.1, -0.05) is 12.1 Å². The van der Waals surface area contributed by atoms with Crippen LogP contribution in [-0.4, -0.2) is 23.3 Å². The van der Waals surface area contributed by atoms with Gasteiger partial charge in [0, 0.05) is 12.2 Å². The van der Waals surface area contributed by atoms with Crippen LogP contribution in [0.15, 0.2) is 48.5 Å². The Bertz CT molecular complexity index is 709. The van der Waals surface area contributed by atoms with Crippen molar-refractivity contribution in [1.82, 2.24) is 5.32 Å². The number of aliphatic hydroxyl groups is 1. The molecule has 0 aliphatic heterocycles. The molecule has 3 N–H and O–H groups in total. The van der Waals surface area contributed by atoms with Crippen molar-refractivity contribution < 1.29 is 14.6 Å². The van der Waals surface area contributed by atoms with E-state index in [0.717, 1.165) is 30.6 Å². The number of nitrogens with one attached hydrogen (secondary N) is 2. The predicted molar refractivity (Wildman–Crippen MR) is 93.5 cm³/mol. The Labute approximate surface area is 141 Å². The molecule has 1 aliphatic carbocycles. The van der Waals surface area contributed by atoms with Gasteiger partial charge in [0.25, 0.3) is 0 Å². The monoisotopic (exact) mass is 326 g/mol. The average molecular weight is 326 g/mol. The summed E-state index contributed by atoms with van der Waals surface area (Å²) in [6, 6.07) is 14.7. The van der Waals surface area contributed by atoms with E-state index in [1.54, 1.807) is 24.3 Å². The van der Waals surface area contributed by atoms with E-state index < -0.39 is 5.60 Å². The predicted octanol–water partition coefficient (Wildman–Crippen LogP) is 3.82. The molecule has 126 valence electrons. The van der Waals surface area contributed by atoms with Crippen LogP contribution in [0.4, 0.5) is 10.5 Å². The van der Waals surface area contributed by atoms with E-state index in [1.807, 2.05) is 31.2 Å². The normalized spacial score (nSPS) is 15.2. The molecule has 3 rings (SSSR count). The zero-order chi connectivity index (χ0) is 17.0. The third kappa shape index (κ3) is 4.26. The van der Waals surface area contributed by atoms with Gasteiger partial charge in [-0.25, -0.2) is 4.79 Å². The van der Waals surface area contributed by atoms with Crippen LogP contribution in [0.25, 0.3) is 0 Å². The number of hydrogen-bond acceptors (Lipinski definition) is 3. The maximum atomic E-state index is 11.8. The van der Waals surface area contributed by atoms with Crippen molar-refractivity contribution in [3.8, 4) is 11.5 Å². The molecule has 0 spiro atoms. The Kier molecular flexibility index (Phi) is 4.71. The van der Waals surface area contributed by atoms with Crippen LogP contribution >= 0.6 is 0 Å². The Morgan fingerprint density at radius 2 is 1.92 bits per heavy atom. The first-order valence-corrected chi connectivity index (χ1v) is 8.14. The molecule has 1 saturated carbocycles. The number of hydrogen-bond donors (Lipinski definition) is 3. The van der Waals surface area contributed by atoms with E-state index in [1.165, 1.54) is 0 Å². The van der Waals surface area contributed by atoms with E-state index in [4.69, 9.17) is 4.74 Å². The minimum Gasteiger partial charge on any atom is -0.457 e. The first-order valence-electron chi connectivity index (χ1n) is 8.14. The fourth-order valence-electron chi connectivity index (χ4n) is 2.60. The van der Waals surface area contributed by atoms with Gasteiger partial charge < -0.3 is 20.5 Å². The van der Waals surface area contributed by atoms with Crippen LogP contribution in [0, 0.1) is 6.92 Å². The molecule has 1 aliphatic rings. The molecule has 1 fully saturated rings. The maximum Gasteiger partial charge on any atom is 0.319 e. The van der Waals surface area contributed by atoms with E-state index >= 15 is 0 Å². The van der Waals surface area contributed by atoms with Crippen molar-refractivity contribution >= 4 is 11.7 Å². The molecular formula is C19H22N2O3. The maximum absolute atomic E-state index is 11.8. The second-order valence-electron chi connectivity index (χ2n) is 6.33. The number of carbonyl (C=O) groups is 1. The first kappa shape index (κ1) is 16.3. The van der Waals surface area contributed by atoms with Crippen molar-refractivity contribution in [2.45, 2.75) is 31.8 Å². The Morgan fingerprint density at radius 1 is 1.17 bits per heavy atom. The molecular weight excluding hydrogens is 304 g/mol. The van der Waals surface area contributed by atoms with Crippen molar-refractivity contribution in [1.29, 1.82) is 0 Å². The van der Waals surface area contributed by atoms with Gasteiger partial charge in [0.15, 0.2) is 0 Å². The van der Waals surface area contributed by atoms with Gasteiger partial charge in [0.05, 0.1) is 5.60 Å². The summed E-state index contributed by atoms with van der Waals surface area (Å²) in [6.07, 6.45) is 2.51. The first-order chi connectivity index (χ1) is 11.5. The summed E-state index contributed by atoms with van der Waals surface area (Å²) < 4.78 is 5.77. The van der Waals surface area contributed by atoms with Crippen molar-refractivity contribution in [3.05, 3.63) is 54.1 Å². The molecule has 0 heterocycles. The highest BCUT2D eigenvalue weighted by Gasteiger charge is 2.34. The highest BCUT2D eigenvalue weighted by molar-refractivity contribution is 5.89. The third-order valence-corrected chi connectivity index (χ3v) is 4.20. The Hall–Kier alpha value is -2.53.